The number of hydrogen-bond donors (Lipinski definition) is 0. The quantitative estimate of drug-likeness (QED) is 0.351. The molecule has 0 N–H and O–H groups in total. The minimum Gasteiger partial charge on any atom is -0.127 e. The molecule has 0 rings (SSSR count). The minimum absolute atomic E-state index is 1.03. The molecular formula is C17H28Si. The molecule has 0 aromatic heterocycles. The monoisotopic (exact) mass is 260 g/mol. The molecule has 0 fully saturated rings. The predicted octanol–water partition coefficient (Wildman–Crippen LogP) is 5.18. The van der Waals surface area contributed by atoms with Gasteiger partial charge in [-0.3, -0.25) is 0 Å². The summed E-state index contributed by atoms with van der Waals surface area (Å²) in [6.07, 6.45) is 12.8. The Kier molecular flexibility index (Phi) is 10.6. The smallest absolute Gasteiger partial charge is 0.127 e. The Labute approximate surface area is 115 Å². The summed E-state index contributed by atoms with van der Waals surface area (Å²) in [5.74, 6) is 9.32. The molecule has 0 saturated carbocycles. The Balaban J connectivity index is 3.55. The summed E-state index contributed by atoms with van der Waals surface area (Å²) in [6, 6.07) is 0. The van der Waals surface area contributed by atoms with E-state index in [0.29, 0.717) is 0 Å². The van der Waals surface area contributed by atoms with Crippen molar-refractivity contribution in [2.24, 2.45) is 0 Å². The molecule has 0 heterocycles. The Morgan fingerprint density at radius 3 is 2.11 bits per heavy atom. The van der Waals surface area contributed by atoms with Crippen LogP contribution in [0.15, 0.2) is 12.2 Å². The van der Waals surface area contributed by atoms with Gasteiger partial charge in [0.2, 0.25) is 0 Å². The molecule has 18 heavy (non-hydrogen) atoms. The Hall–Kier alpha value is -0.923. The van der Waals surface area contributed by atoms with E-state index in [9.17, 15) is 0 Å². The molecule has 100 valence electrons. The second kappa shape index (κ2) is 11.2. The highest BCUT2D eigenvalue weighted by Gasteiger charge is 2.06. The van der Waals surface area contributed by atoms with Crippen molar-refractivity contribution >= 4 is 8.07 Å². The lowest BCUT2D eigenvalue weighted by Gasteiger charge is -2.01. The third kappa shape index (κ3) is 15.1. The van der Waals surface area contributed by atoms with Crippen LogP contribution >= 0.6 is 0 Å². The van der Waals surface area contributed by atoms with Gasteiger partial charge in [0.1, 0.15) is 8.07 Å². The zero-order valence-corrected chi connectivity index (χ0v) is 13.6. The van der Waals surface area contributed by atoms with Crippen LogP contribution < -0.4 is 0 Å². The van der Waals surface area contributed by atoms with E-state index < -0.39 is 8.07 Å². The molecule has 0 aliphatic heterocycles. The van der Waals surface area contributed by atoms with Gasteiger partial charge < -0.3 is 0 Å². The molecule has 0 spiro atoms. The second-order valence-electron chi connectivity index (χ2n) is 5.69. The van der Waals surface area contributed by atoms with Gasteiger partial charge in [-0.2, -0.15) is 0 Å². The van der Waals surface area contributed by atoms with Crippen LogP contribution in [0.2, 0.25) is 19.6 Å². The fourth-order valence-corrected chi connectivity index (χ4v) is 1.98. The van der Waals surface area contributed by atoms with Crippen LogP contribution in [-0.2, 0) is 0 Å². The molecule has 0 unspecified atom stereocenters. The van der Waals surface area contributed by atoms with E-state index >= 15 is 0 Å². The van der Waals surface area contributed by atoms with E-state index in [1.807, 2.05) is 12.2 Å². The van der Waals surface area contributed by atoms with Crippen LogP contribution in [0.1, 0.15) is 51.9 Å². The summed E-state index contributed by atoms with van der Waals surface area (Å²) in [5, 5.41) is 0. The summed E-state index contributed by atoms with van der Waals surface area (Å²) >= 11 is 0. The van der Waals surface area contributed by atoms with Crippen LogP contribution in [0.3, 0.4) is 0 Å². The third-order valence-electron chi connectivity index (χ3n) is 2.45. The average molecular weight is 260 g/mol. The van der Waals surface area contributed by atoms with Gasteiger partial charge in [0.05, 0.1) is 0 Å². The summed E-state index contributed by atoms with van der Waals surface area (Å²) in [7, 11) is -1.22. The van der Waals surface area contributed by atoms with Gasteiger partial charge in [-0.25, -0.2) is 0 Å². The minimum atomic E-state index is -1.22. The summed E-state index contributed by atoms with van der Waals surface area (Å²) in [5.41, 5.74) is 3.29. The van der Waals surface area contributed by atoms with Gasteiger partial charge >= 0.3 is 0 Å². The summed E-state index contributed by atoms with van der Waals surface area (Å²) < 4.78 is 0. The van der Waals surface area contributed by atoms with Crippen LogP contribution in [0.25, 0.3) is 0 Å². The van der Waals surface area contributed by atoms with E-state index in [1.54, 1.807) is 0 Å². The first-order valence-electron chi connectivity index (χ1n) is 7.22. The molecule has 0 saturated heterocycles. The van der Waals surface area contributed by atoms with E-state index in [-0.39, 0.29) is 0 Å². The highest BCUT2D eigenvalue weighted by molar-refractivity contribution is 6.83. The SMILES string of the molecule is CCCCCCCCC#C/C=C/C#C[Si](C)(C)C. The largest absolute Gasteiger partial charge is 0.129 e. The Morgan fingerprint density at radius 1 is 0.833 bits per heavy atom. The normalized spacial score (nSPS) is 10.7. The molecule has 0 aliphatic rings. The number of unbranched alkanes of at least 4 members (excludes halogenated alkanes) is 6. The molecule has 0 atom stereocenters. The van der Waals surface area contributed by atoms with Gasteiger partial charge in [0.15, 0.2) is 0 Å². The lowest BCUT2D eigenvalue weighted by atomic mass is 10.1. The van der Waals surface area contributed by atoms with Crippen LogP contribution in [0.4, 0.5) is 0 Å². The van der Waals surface area contributed by atoms with E-state index in [1.165, 1.54) is 38.5 Å². The highest BCUT2D eigenvalue weighted by Crippen LogP contribution is 2.05. The maximum atomic E-state index is 3.29. The third-order valence-corrected chi connectivity index (χ3v) is 3.35. The molecule has 0 amide bonds. The molecule has 0 aromatic rings. The Bertz CT molecular complexity index is 336. The predicted molar refractivity (Wildman–Crippen MR) is 86.0 cm³/mol. The van der Waals surface area contributed by atoms with Gasteiger partial charge in [-0.05, 0) is 18.6 Å². The lowest BCUT2D eigenvalue weighted by molar-refractivity contribution is 0.614. The summed E-state index contributed by atoms with van der Waals surface area (Å²) in [6.45, 7) is 9.00. The average Bonchev–Trinajstić information content (AvgIpc) is 2.29. The summed E-state index contributed by atoms with van der Waals surface area (Å²) in [4.78, 5) is 0. The van der Waals surface area contributed by atoms with Crippen LogP contribution in [0, 0.1) is 23.3 Å². The van der Waals surface area contributed by atoms with Gasteiger partial charge in [-0.15, -0.1) is 5.54 Å². The molecule has 1 heteroatoms. The zero-order valence-electron chi connectivity index (χ0n) is 12.6. The highest BCUT2D eigenvalue weighted by atomic mass is 28.3. The molecule has 0 radical (unpaired) electrons. The van der Waals surface area contributed by atoms with Crippen molar-refractivity contribution in [2.75, 3.05) is 0 Å². The van der Waals surface area contributed by atoms with Crippen molar-refractivity contribution in [3.05, 3.63) is 12.2 Å². The maximum Gasteiger partial charge on any atom is 0.129 e. The fourth-order valence-electron chi connectivity index (χ4n) is 1.47. The first-order valence-corrected chi connectivity index (χ1v) is 10.7. The first-order chi connectivity index (χ1) is 8.56. The van der Waals surface area contributed by atoms with Gasteiger partial charge in [-0.1, -0.05) is 76.4 Å². The van der Waals surface area contributed by atoms with Gasteiger partial charge in [0.25, 0.3) is 0 Å². The second-order valence-corrected chi connectivity index (χ2v) is 10.4. The zero-order chi connectivity index (χ0) is 13.7. The van der Waals surface area contributed by atoms with E-state index in [4.69, 9.17) is 0 Å². The number of allylic oxidation sites excluding steroid dienone is 2. The topological polar surface area (TPSA) is 0 Å². The van der Waals surface area contributed by atoms with Crippen molar-refractivity contribution < 1.29 is 0 Å². The number of hydrogen-bond acceptors (Lipinski definition) is 0. The maximum absolute atomic E-state index is 3.29. The van der Waals surface area contributed by atoms with Crippen molar-refractivity contribution in [2.45, 2.75) is 71.5 Å². The van der Waals surface area contributed by atoms with E-state index in [0.717, 1.165) is 6.42 Å². The Morgan fingerprint density at radius 2 is 1.44 bits per heavy atom. The molecule has 0 bridgehead atoms. The van der Waals surface area contributed by atoms with E-state index in [2.05, 4.69) is 49.9 Å². The lowest BCUT2D eigenvalue weighted by Crippen LogP contribution is -2.16. The van der Waals surface area contributed by atoms with Crippen molar-refractivity contribution in [3.63, 3.8) is 0 Å². The van der Waals surface area contributed by atoms with Crippen LogP contribution in [-0.4, -0.2) is 8.07 Å². The fraction of sp³-hybridized carbons (Fsp3) is 0.647. The van der Waals surface area contributed by atoms with Crippen molar-refractivity contribution in [1.82, 2.24) is 0 Å². The molecule has 0 nitrogen and oxygen atoms in total. The van der Waals surface area contributed by atoms with Gasteiger partial charge in [0, 0.05) is 6.42 Å². The number of rotatable bonds is 6. The molecule has 0 aromatic carbocycles. The first kappa shape index (κ1) is 17.1. The molecule has 0 aliphatic carbocycles. The standard InChI is InChI=1S/C17H28Si/c1-5-6-7-8-9-10-11-12-13-14-15-16-17-18(2,3)4/h14-15H,5-11H2,1-4H3/b15-14+. The van der Waals surface area contributed by atoms with Crippen LogP contribution in [0.5, 0.6) is 0 Å². The van der Waals surface area contributed by atoms with Crippen molar-refractivity contribution in [3.8, 4) is 23.3 Å². The van der Waals surface area contributed by atoms with Crippen molar-refractivity contribution in [1.29, 1.82) is 0 Å². The molecular weight excluding hydrogens is 232 g/mol.